The molecule has 0 bridgehead atoms. The quantitative estimate of drug-likeness (QED) is 0.784. The highest BCUT2D eigenvalue weighted by molar-refractivity contribution is 5.79. The van der Waals surface area contributed by atoms with Crippen molar-refractivity contribution in [2.45, 2.75) is 26.4 Å². The molecule has 0 fully saturated rings. The van der Waals surface area contributed by atoms with Crippen molar-refractivity contribution in [1.29, 1.82) is 0 Å². The van der Waals surface area contributed by atoms with Crippen LogP contribution in [0.2, 0.25) is 0 Å². The van der Waals surface area contributed by atoms with Gasteiger partial charge in [0, 0.05) is 5.39 Å². The minimum atomic E-state index is -0.355. The molecule has 21 heavy (non-hydrogen) atoms. The highest BCUT2D eigenvalue weighted by Gasteiger charge is 2.16. The van der Waals surface area contributed by atoms with Crippen LogP contribution in [-0.4, -0.2) is 20.4 Å². The van der Waals surface area contributed by atoms with Crippen molar-refractivity contribution in [2.24, 2.45) is 0 Å². The van der Waals surface area contributed by atoms with Gasteiger partial charge in [0.1, 0.15) is 5.60 Å². The van der Waals surface area contributed by atoms with Crippen LogP contribution in [0.3, 0.4) is 0 Å². The molecule has 2 heterocycles. The van der Waals surface area contributed by atoms with Crippen LogP contribution in [0.15, 0.2) is 42.6 Å². The summed E-state index contributed by atoms with van der Waals surface area (Å²) >= 11 is 0. The zero-order valence-electron chi connectivity index (χ0n) is 12.4. The Labute approximate surface area is 123 Å². The van der Waals surface area contributed by atoms with Crippen LogP contribution < -0.4 is 10.5 Å². The summed E-state index contributed by atoms with van der Waals surface area (Å²) in [6.45, 7) is 5.89. The fourth-order valence-electron chi connectivity index (χ4n) is 2.09. The van der Waals surface area contributed by atoms with Gasteiger partial charge in [0.25, 0.3) is 0 Å². The summed E-state index contributed by atoms with van der Waals surface area (Å²) in [6.07, 6.45) is 1.82. The zero-order valence-corrected chi connectivity index (χ0v) is 12.4. The lowest BCUT2D eigenvalue weighted by Crippen LogP contribution is -2.24. The number of benzene rings is 1. The van der Waals surface area contributed by atoms with Gasteiger partial charge in [-0.3, -0.25) is 0 Å². The van der Waals surface area contributed by atoms with E-state index in [-0.39, 0.29) is 5.60 Å². The number of anilines is 1. The van der Waals surface area contributed by atoms with Gasteiger partial charge in [-0.1, -0.05) is 18.2 Å². The first-order valence-electron chi connectivity index (χ1n) is 6.83. The Morgan fingerprint density at radius 2 is 1.86 bits per heavy atom. The number of pyridine rings is 1. The van der Waals surface area contributed by atoms with Gasteiger partial charge < -0.3 is 10.5 Å². The summed E-state index contributed by atoms with van der Waals surface area (Å²) in [7, 11) is 0. The molecule has 5 nitrogen and oxygen atoms in total. The number of fused-ring (bicyclic) bond motifs is 1. The smallest absolute Gasteiger partial charge is 0.239 e. The van der Waals surface area contributed by atoms with Gasteiger partial charge in [0.05, 0.1) is 17.4 Å². The van der Waals surface area contributed by atoms with Crippen LogP contribution in [0.25, 0.3) is 16.7 Å². The third-order valence-electron chi connectivity index (χ3n) is 2.97. The molecule has 0 aliphatic heterocycles. The van der Waals surface area contributed by atoms with Gasteiger partial charge in [-0.2, -0.15) is 10.1 Å². The molecule has 1 aromatic carbocycles. The molecule has 0 saturated heterocycles. The van der Waals surface area contributed by atoms with Crippen LogP contribution in [0, 0.1) is 0 Å². The normalized spacial score (nSPS) is 11.8. The number of hydrogen-bond acceptors (Lipinski definition) is 4. The topological polar surface area (TPSA) is 66.0 Å². The third kappa shape index (κ3) is 2.67. The Balaban J connectivity index is 2.09. The molecule has 0 aliphatic carbocycles. The lowest BCUT2D eigenvalue weighted by atomic mass is 10.2. The van der Waals surface area contributed by atoms with Crippen LogP contribution in [0.4, 0.5) is 5.69 Å². The van der Waals surface area contributed by atoms with Crippen molar-refractivity contribution in [2.75, 3.05) is 5.73 Å². The lowest BCUT2D eigenvalue weighted by molar-refractivity contribution is 0.125. The van der Waals surface area contributed by atoms with E-state index in [1.54, 1.807) is 10.7 Å². The number of nitrogen functional groups attached to an aromatic ring is 1. The van der Waals surface area contributed by atoms with E-state index in [1.165, 1.54) is 0 Å². The molecule has 2 N–H and O–H groups in total. The zero-order chi connectivity index (χ0) is 15.0. The van der Waals surface area contributed by atoms with Crippen LogP contribution in [-0.2, 0) is 0 Å². The van der Waals surface area contributed by atoms with E-state index in [1.807, 2.05) is 57.3 Å². The Morgan fingerprint density at radius 3 is 2.62 bits per heavy atom. The second kappa shape index (κ2) is 4.77. The molecule has 0 radical (unpaired) electrons. The van der Waals surface area contributed by atoms with Gasteiger partial charge in [0.15, 0.2) is 5.82 Å². The van der Waals surface area contributed by atoms with Gasteiger partial charge >= 0.3 is 0 Å². The van der Waals surface area contributed by atoms with Gasteiger partial charge in [-0.25, -0.2) is 4.68 Å². The van der Waals surface area contributed by atoms with E-state index in [4.69, 9.17) is 10.5 Å². The Bertz CT molecular complexity index is 786. The van der Waals surface area contributed by atoms with E-state index in [2.05, 4.69) is 10.1 Å². The molecule has 108 valence electrons. The van der Waals surface area contributed by atoms with Crippen LogP contribution in [0.1, 0.15) is 20.8 Å². The number of nitrogens with zero attached hydrogens (tertiary/aromatic N) is 3. The first-order chi connectivity index (χ1) is 9.94. The standard InChI is InChI=1S/C16H18N4O/c1-16(2,3)21-15-12(17)8-9-14(19-15)20-13-7-5-4-6-11(13)10-18-20/h4-10H,17H2,1-3H3. The Kier molecular flexibility index (Phi) is 3.05. The van der Waals surface area contributed by atoms with E-state index < -0.39 is 0 Å². The van der Waals surface area contributed by atoms with Crippen molar-refractivity contribution < 1.29 is 4.74 Å². The third-order valence-corrected chi connectivity index (χ3v) is 2.97. The first-order valence-corrected chi connectivity index (χ1v) is 6.83. The number of hydrogen-bond donors (Lipinski definition) is 1. The van der Waals surface area contributed by atoms with Gasteiger partial charge in [0.2, 0.25) is 5.88 Å². The largest absolute Gasteiger partial charge is 0.470 e. The fraction of sp³-hybridized carbons (Fsp3) is 0.250. The maximum Gasteiger partial charge on any atom is 0.239 e. The molecule has 0 saturated carbocycles. The maximum atomic E-state index is 5.95. The first kappa shape index (κ1) is 13.4. The number of nitrogens with two attached hydrogens (primary N) is 1. The molecular formula is C16H18N4O. The molecule has 3 rings (SSSR count). The predicted molar refractivity (Wildman–Crippen MR) is 83.7 cm³/mol. The molecule has 0 atom stereocenters. The Hall–Kier alpha value is -2.56. The maximum absolute atomic E-state index is 5.95. The molecule has 5 heteroatoms. The summed E-state index contributed by atoms with van der Waals surface area (Å²) in [5.41, 5.74) is 7.11. The number of ether oxygens (including phenoxy) is 1. The fourth-order valence-corrected chi connectivity index (χ4v) is 2.09. The molecule has 0 amide bonds. The van der Waals surface area contributed by atoms with E-state index in [0.29, 0.717) is 17.4 Å². The predicted octanol–water partition coefficient (Wildman–Crippen LogP) is 3.18. The van der Waals surface area contributed by atoms with E-state index in [9.17, 15) is 0 Å². The molecule has 0 unspecified atom stereocenters. The van der Waals surface area contributed by atoms with Crippen molar-refractivity contribution in [1.82, 2.24) is 14.8 Å². The second-order valence-corrected chi connectivity index (χ2v) is 5.89. The minimum absolute atomic E-state index is 0.355. The van der Waals surface area contributed by atoms with Crippen molar-refractivity contribution >= 4 is 16.6 Å². The second-order valence-electron chi connectivity index (χ2n) is 5.89. The molecule has 0 aliphatic rings. The van der Waals surface area contributed by atoms with Gasteiger partial charge in [-0.05, 0) is 39.0 Å². The van der Waals surface area contributed by atoms with Crippen molar-refractivity contribution in [3.8, 4) is 11.7 Å². The molecule has 0 spiro atoms. The minimum Gasteiger partial charge on any atom is -0.470 e. The summed E-state index contributed by atoms with van der Waals surface area (Å²) in [5, 5.41) is 5.45. The lowest BCUT2D eigenvalue weighted by Gasteiger charge is -2.21. The highest BCUT2D eigenvalue weighted by atomic mass is 16.5. The van der Waals surface area contributed by atoms with E-state index >= 15 is 0 Å². The van der Waals surface area contributed by atoms with Crippen LogP contribution >= 0.6 is 0 Å². The number of aromatic nitrogens is 3. The summed E-state index contributed by atoms with van der Waals surface area (Å²) in [5.74, 6) is 1.12. The molecule has 2 aromatic heterocycles. The van der Waals surface area contributed by atoms with E-state index in [0.717, 1.165) is 10.9 Å². The summed E-state index contributed by atoms with van der Waals surface area (Å²) < 4.78 is 7.59. The average molecular weight is 282 g/mol. The molecular weight excluding hydrogens is 264 g/mol. The van der Waals surface area contributed by atoms with Gasteiger partial charge in [-0.15, -0.1) is 0 Å². The summed E-state index contributed by atoms with van der Waals surface area (Å²) in [4.78, 5) is 4.50. The van der Waals surface area contributed by atoms with Crippen molar-refractivity contribution in [3.05, 3.63) is 42.6 Å². The molecule has 3 aromatic rings. The van der Waals surface area contributed by atoms with Crippen LogP contribution in [0.5, 0.6) is 5.88 Å². The number of para-hydroxylation sites is 1. The summed E-state index contributed by atoms with van der Waals surface area (Å²) in [6, 6.07) is 11.6. The monoisotopic (exact) mass is 282 g/mol. The highest BCUT2D eigenvalue weighted by Crippen LogP contribution is 2.25. The Morgan fingerprint density at radius 1 is 1.10 bits per heavy atom. The number of rotatable bonds is 2. The SMILES string of the molecule is CC(C)(C)Oc1nc(-n2ncc3ccccc32)ccc1N. The average Bonchev–Trinajstić information content (AvgIpc) is 2.84. The van der Waals surface area contributed by atoms with Crippen molar-refractivity contribution in [3.63, 3.8) is 0 Å².